The van der Waals surface area contributed by atoms with Gasteiger partial charge in [-0.05, 0) is 51.3 Å². The van der Waals surface area contributed by atoms with Crippen molar-refractivity contribution in [1.29, 1.82) is 0 Å². The zero-order valence-corrected chi connectivity index (χ0v) is 17.6. The molecule has 1 aromatic carbocycles. The number of nitrogens with one attached hydrogen (secondary N) is 1. The van der Waals surface area contributed by atoms with Gasteiger partial charge in [-0.1, -0.05) is 30.3 Å². The number of hydrogen-bond acceptors (Lipinski definition) is 3. The number of carbonyl (C=O) groups excluding carboxylic acids is 1. The van der Waals surface area contributed by atoms with Gasteiger partial charge in [-0.15, -0.1) is 24.8 Å². The van der Waals surface area contributed by atoms with Crippen LogP contribution in [0.3, 0.4) is 0 Å². The molecule has 1 amide bonds. The molecule has 2 aliphatic heterocycles. The van der Waals surface area contributed by atoms with Crippen molar-refractivity contribution in [1.82, 2.24) is 15.1 Å². The fourth-order valence-corrected chi connectivity index (χ4v) is 3.95. The standard InChI is InChI=1S/C20H31N3O.2ClH/c1-20(2)16-22(19(24)9-8-17-10-11-21-14-17)12-13-23(20)15-18-6-4-3-5-7-18;;/h3-7,17,21H,8-16H2,1-2H3;2*1H. The lowest BCUT2D eigenvalue weighted by atomic mass is 9.96. The summed E-state index contributed by atoms with van der Waals surface area (Å²) < 4.78 is 0. The minimum absolute atomic E-state index is 0. The summed E-state index contributed by atoms with van der Waals surface area (Å²) >= 11 is 0. The second kappa shape index (κ2) is 10.5. The third-order valence-electron chi connectivity index (χ3n) is 5.57. The zero-order chi connectivity index (χ0) is 17.0. The molecule has 0 aromatic heterocycles. The molecule has 0 saturated carbocycles. The van der Waals surface area contributed by atoms with Crippen molar-refractivity contribution in [3.63, 3.8) is 0 Å². The molecule has 1 aromatic rings. The number of piperazine rings is 1. The molecule has 2 aliphatic rings. The van der Waals surface area contributed by atoms with Crippen molar-refractivity contribution in [2.45, 2.75) is 45.2 Å². The SMILES string of the molecule is CC1(C)CN(C(=O)CCC2CCNC2)CCN1Cc1ccccc1.Cl.Cl. The fourth-order valence-electron chi connectivity index (χ4n) is 3.95. The van der Waals surface area contributed by atoms with Gasteiger partial charge in [0.15, 0.2) is 0 Å². The highest BCUT2D eigenvalue weighted by atomic mass is 35.5. The van der Waals surface area contributed by atoms with E-state index in [0.29, 0.717) is 18.2 Å². The third kappa shape index (κ3) is 6.12. The van der Waals surface area contributed by atoms with Gasteiger partial charge >= 0.3 is 0 Å². The Morgan fingerprint density at radius 3 is 2.54 bits per heavy atom. The molecule has 148 valence electrons. The van der Waals surface area contributed by atoms with E-state index < -0.39 is 0 Å². The smallest absolute Gasteiger partial charge is 0.222 e. The average molecular weight is 402 g/mol. The Balaban J connectivity index is 0.00000169. The average Bonchev–Trinajstić information content (AvgIpc) is 3.08. The third-order valence-corrected chi connectivity index (χ3v) is 5.57. The van der Waals surface area contributed by atoms with Gasteiger partial charge in [0.05, 0.1) is 0 Å². The van der Waals surface area contributed by atoms with Crippen molar-refractivity contribution >= 4 is 30.7 Å². The van der Waals surface area contributed by atoms with E-state index in [1.54, 1.807) is 0 Å². The molecule has 1 N–H and O–H groups in total. The van der Waals surface area contributed by atoms with Crippen molar-refractivity contribution in [3.8, 4) is 0 Å². The highest BCUT2D eigenvalue weighted by molar-refractivity contribution is 5.85. The van der Waals surface area contributed by atoms with Gasteiger partial charge in [0.1, 0.15) is 0 Å². The predicted octanol–water partition coefficient (Wildman–Crippen LogP) is 3.34. The maximum Gasteiger partial charge on any atom is 0.222 e. The zero-order valence-electron chi connectivity index (χ0n) is 15.9. The molecule has 1 atom stereocenters. The molecular weight excluding hydrogens is 369 g/mol. The van der Waals surface area contributed by atoms with Crippen LogP contribution in [0.2, 0.25) is 0 Å². The van der Waals surface area contributed by atoms with Gasteiger partial charge < -0.3 is 10.2 Å². The lowest BCUT2D eigenvalue weighted by Gasteiger charge is -2.47. The van der Waals surface area contributed by atoms with E-state index in [4.69, 9.17) is 0 Å². The first kappa shape index (κ1) is 23.2. The minimum Gasteiger partial charge on any atom is -0.340 e. The Morgan fingerprint density at radius 2 is 1.92 bits per heavy atom. The summed E-state index contributed by atoms with van der Waals surface area (Å²) in [6, 6.07) is 10.6. The summed E-state index contributed by atoms with van der Waals surface area (Å²) in [5.74, 6) is 1.04. The molecule has 0 radical (unpaired) electrons. The van der Waals surface area contributed by atoms with Crippen LogP contribution in [0.25, 0.3) is 0 Å². The first-order valence-corrected chi connectivity index (χ1v) is 9.32. The lowest BCUT2D eigenvalue weighted by Crippen LogP contribution is -2.59. The fraction of sp³-hybridized carbons (Fsp3) is 0.650. The second-order valence-corrected chi connectivity index (χ2v) is 7.93. The van der Waals surface area contributed by atoms with Crippen LogP contribution >= 0.6 is 24.8 Å². The molecule has 26 heavy (non-hydrogen) atoms. The summed E-state index contributed by atoms with van der Waals surface area (Å²) in [6.45, 7) is 10.3. The Hall–Kier alpha value is -0.810. The molecule has 6 heteroatoms. The van der Waals surface area contributed by atoms with Crippen LogP contribution in [0.4, 0.5) is 0 Å². The van der Waals surface area contributed by atoms with E-state index in [-0.39, 0.29) is 30.4 Å². The Kier molecular flexibility index (Phi) is 9.39. The van der Waals surface area contributed by atoms with E-state index in [1.165, 1.54) is 12.0 Å². The van der Waals surface area contributed by atoms with Gasteiger partial charge in [-0.25, -0.2) is 0 Å². The van der Waals surface area contributed by atoms with Gasteiger partial charge in [0.25, 0.3) is 0 Å². The minimum atomic E-state index is 0. The van der Waals surface area contributed by atoms with Crippen molar-refractivity contribution in [2.75, 3.05) is 32.7 Å². The van der Waals surface area contributed by atoms with Gasteiger partial charge in [-0.3, -0.25) is 9.69 Å². The van der Waals surface area contributed by atoms with E-state index in [2.05, 4.69) is 59.3 Å². The van der Waals surface area contributed by atoms with Crippen LogP contribution in [0.5, 0.6) is 0 Å². The Morgan fingerprint density at radius 1 is 1.19 bits per heavy atom. The molecule has 0 aliphatic carbocycles. The topological polar surface area (TPSA) is 35.6 Å². The van der Waals surface area contributed by atoms with E-state index in [9.17, 15) is 4.79 Å². The van der Waals surface area contributed by atoms with Crippen LogP contribution in [0, 0.1) is 5.92 Å². The lowest BCUT2D eigenvalue weighted by molar-refractivity contribution is -0.136. The monoisotopic (exact) mass is 401 g/mol. The molecule has 0 spiro atoms. The molecule has 3 rings (SSSR count). The van der Waals surface area contributed by atoms with Crippen LogP contribution in [-0.2, 0) is 11.3 Å². The number of hydrogen-bond donors (Lipinski definition) is 1. The number of benzene rings is 1. The molecule has 0 bridgehead atoms. The van der Waals surface area contributed by atoms with Crippen LogP contribution in [0.1, 0.15) is 38.7 Å². The first-order valence-electron chi connectivity index (χ1n) is 9.32. The summed E-state index contributed by atoms with van der Waals surface area (Å²) in [5.41, 5.74) is 1.37. The number of nitrogens with zero attached hydrogens (tertiary/aromatic N) is 2. The molecule has 2 fully saturated rings. The van der Waals surface area contributed by atoms with Crippen LogP contribution < -0.4 is 5.32 Å². The molecule has 4 nitrogen and oxygen atoms in total. The molecule has 1 unspecified atom stereocenters. The van der Waals surface area contributed by atoms with E-state index in [0.717, 1.165) is 45.7 Å². The number of rotatable bonds is 5. The largest absolute Gasteiger partial charge is 0.340 e. The van der Waals surface area contributed by atoms with E-state index >= 15 is 0 Å². The molecule has 2 saturated heterocycles. The maximum atomic E-state index is 12.6. The van der Waals surface area contributed by atoms with Gasteiger partial charge in [0.2, 0.25) is 5.91 Å². The van der Waals surface area contributed by atoms with E-state index in [1.807, 2.05) is 0 Å². The van der Waals surface area contributed by atoms with Crippen LogP contribution in [0.15, 0.2) is 30.3 Å². The summed E-state index contributed by atoms with van der Waals surface area (Å²) in [5, 5.41) is 3.39. The normalized spacial score (nSPS) is 22.4. The second-order valence-electron chi connectivity index (χ2n) is 7.93. The summed E-state index contributed by atoms with van der Waals surface area (Å²) in [7, 11) is 0. The maximum absolute atomic E-state index is 12.6. The molecular formula is C20H33Cl2N3O. The summed E-state index contributed by atoms with van der Waals surface area (Å²) in [6.07, 6.45) is 2.97. The Bertz CT molecular complexity index is 547. The number of carbonyl (C=O) groups is 1. The molecule has 2 heterocycles. The number of amides is 1. The van der Waals surface area contributed by atoms with Crippen molar-refractivity contribution < 1.29 is 4.79 Å². The highest BCUT2D eigenvalue weighted by Crippen LogP contribution is 2.24. The van der Waals surface area contributed by atoms with Crippen molar-refractivity contribution in [3.05, 3.63) is 35.9 Å². The Labute approximate surface area is 170 Å². The first-order chi connectivity index (χ1) is 11.5. The van der Waals surface area contributed by atoms with Gasteiger partial charge in [0, 0.05) is 38.1 Å². The van der Waals surface area contributed by atoms with Crippen molar-refractivity contribution in [2.24, 2.45) is 5.92 Å². The quantitative estimate of drug-likeness (QED) is 0.821. The summed E-state index contributed by atoms with van der Waals surface area (Å²) in [4.78, 5) is 17.2. The predicted molar refractivity (Wildman–Crippen MR) is 112 cm³/mol. The van der Waals surface area contributed by atoms with Crippen LogP contribution in [-0.4, -0.2) is 54.0 Å². The number of halogens is 2. The van der Waals surface area contributed by atoms with Gasteiger partial charge in [-0.2, -0.15) is 0 Å². The highest BCUT2D eigenvalue weighted by Gasteiger charge is 2.35.